The summed E-state index contributed by atoms with van der Waals surface area (Å²) in [6.45, 7) is 33.9. The summed E-state index contributed by atoms with van der Waals surface area (Å²) < 4.78 is 5.50. The van der Waals surface area contributed by atoms with E-state index in [1.807, 2.05) is 81.4 Å². The number of hydrogen-bond donors (Lipinski definition) is 2. The second-order valence-corrected chi connectivity index (χ2v) is 29.2. The Morgan fingerprint density at radius 2 is 0.913 bits per heavy atom. The summed E-state index contributed by atoms with van der Waals surface area (Å²) in [5, 5.41) is 15.2. The third-order valence-electron chi connectivity index (χ3n) is 18.9. The van der Waals surface area contributed by atoms with Crippen LogP contribution in [0.2, 0.25) is 0 Å². The van der Waals surface area contributed by atoms with Crippen molar-refractivity contribution in [1.82, 2.24) is 44.5 Å². The number of nitrogens with one attached hydrogen (secondary N) is 1. The van der Waals surface area contributed by atoms with Crippen LogP contribution in [0.15, 0.2) is 12.2 Å². The van der Waals surface area contributed by atoms with E-state index in [9.17, 15) is 38.7 Å². The molecule has 2 N–H and O–H groups in total. The zero-order chi connectivity index (χ0) is 70.7. The molecule has 22 nitrogen and oxygen atoms in total. The first kappa shape index (κ1) is 82.5. The number of morpholine rings is 1. The first-order chi connectivity index (χ1) is 42.7. The summed E-state index contributed by atoms with van der Waals surface area (Å²) >= 11 is 0. The van der Waals surface area contributed by atoms with Crippen LogP contribution >= 0.6 is 0 Å². The van der Waals surface area contributed by atoms with Gasteiger partial charge in [-0.3, -0.25) is 57.6 Å². The highest BCUT2D eigenvalue weighted by Gasteiger charge is 2.46. The molecule has 92 heavy (non-hydrogen) atoms. The summed E-state index contributed by atoms with van der Waals surface area (Å²) in [6.07, 6.45) is 2.73. The highest BCUT2D eigenvalue weighted by atomic mass is 16.5. The van der Waals surface area contributed by atoms with Crippen molar-refractivity contribution in [3.8, 4) is 0 Å². The summed E-state index contributed by atoms with van der Waals surface area (Å²) in [4.78, 5) is 174. The molecular formula is C70H123N9O13. The number of ether oxygens (including phenoxy) is 1. The van der Waals surface area contributed by atoms with Crippen LogP contribution in [-0.4, -0.2) is 246 Å². The van der Waals surface area contributed by atoms with Crippen molar-refractivity contribution in [2.45, 2.75) is 230 Å². The summed E-state index contributed by atoms with van der Waals surface area (Å²) in [7, 11) is 10.3. The molecule has 0 aromatic carbocycles. The van der Waals surface area contributed by atoms with E-state index in [0.29, 0.717) is 26.2 Å². The standard InChI is InChI=1S/C70H123N9O13/c1-25-51-39-59(82)61(62(83)47(14)28-26-27-29-79-30-32-92-33-31-79)78(24)70(91)60(46(12)13)77(23)69(90)56(37-44(8)9)76(22)68(89)55(36-43(6)7)75(21)64(85)49(16)71-63(84)48(15)38-57(80)53(34-41(2)3)74(20)67(88)52(45(10)11)40-58(81)54(35-42(4)5)73(19)65(86)50(17)72(18)66(51)87/h26-27,41-56,60-62,83H,25,28-40H2,1-24H3,(H,71,84)/b27-26+/t47-,48+,49+,50-,51+,52-,53+,54+,55-,56-,60-,61+,62-/m1/s1. The van der Waals surface area contributed by atoms with Crippen molar-refractivity contribution in [2.24, 2.45) is 59.2 Å². The predicted molar refractivity (Wildman–Crippen MR) is 358 cm³/mol. The molecule has 0 aliphatic carbocycles. The largest absolute Gasteiger partial charge is 0.390 e. The molecule has 2 saturated heterocycles. The normalized spacial score (nSPS) is 28.1. The Bertz CT molecular complexity index is 2510. The van der Waals surface area contributed by atoms with Gasteiger partial charge in [0.25, 0.3) is 0 Å². The van der Waals surface area contributed by atoms with Crippen LogP contribution < -0.4 is 5.32 Å². The second-order valence-electron chi connectivity index (χ2n) is 29.2. The number of likely N-dealkylation sites (N-methyl/N-ethyl adjacent to an activating group) is 7. The number of Topliss-reactive ketones (excluding diaryl/α,β-unsaturated/α-hetero) is 3. The van der Waals surface area contributed by atoms with Gasteiger partial charge in [0.15, 0.2) is 17.3 Å². The lowest BCUT2D eigenvalue weighted by atomic mass is 9.84. The Morgan fingerprint density at radius 1 is 0.478 bits per heavy atom. The molecule has 0 spiro atoms. The maximum Gasteiger partial charge on any atom is 0.246 e. The smallest absolute Gasteiger partial charge is 0.246 e. The maximum absolute atomic E-state index is 15.4. The third-order valence-corrected chi connectivity index (χ3v) is 18.9. The van der Waals surface area contributed by atoms with E-state index < -0.39 is 155 Å². The monoisotopic (exact) mass is 1300 g/mol. The minimum Gasteiger partial charge on any atom is -0.390 e. The number of rotatable bonds is 17. The Hall–Kier alpha value is -5.61. The maximum atomic E-state index is 15.4. The molecule has 2 aliphatic rings. The van der Waals surface area contributed by atoms with Crippen LogP contribution in [0.1, 0.15) is 175 Å². The van der Waals surface area contributed by atoms with Crippen molar-refractivity contribution in [3.05, 3.63) is 12.2 Å². The van der Waals surface area contributed by atoms with Crippen LogP contribution in [0.5, 0.6) is 0 Å². The molecule has 0 unspecified atom stereocenters. The first-order valence-corrected chi connectivity index (χ1v) is 34.0. The highest BCUT2D eigenvalue weighted by molar-refractivity contribution is 6.00. The van der Waals surface area contributed by atoms with Gasteiger partial charge in [-0.2, -0.15) is 0 Å². The number of aliphatic hydroxyl groups excluding tert-OH is 1. The van der Waals surface area contributed by atoms with Crippen molar-refractivity contribution in [3.63, 3.8) is 0 Å². The number of aliphatic hydroxyl groups is 1. The van der Waals surface area contributed by atoms with Gasteiger partial charge in [-0.1, -0.05) is 116 Å². The fourth-order valence-electron chi connectivity index (χ4n) is 12.7. The molecule has 8 amide bonds. The van der Waals surface area contributed by atoms with E-state index in [1.165, 1.54) is 90.6 Å². The molecule has 0 saturated carbocycles. The number of ketones is 3. The van der Waals surface area contributed by atoms with Crippen molar-refractivity contribution >= 4 is 64.6 Å². The van der Waals surface area contributed by atoms with E-state index in [1.54, 1.807) is 41.5 Å². The number of nitrogens with zero attached hydrogens (tertiary/aromatic N) is 8. The van der Waals surface area contributed by atoms with Crippen LogP contribution in [0.3, 0.4) is 0 Å². The molecule has 22 heteroatoms. The van der Waals surface area contributed by atoms with E-state index in [0.717, 1.165) is 13.1 Å². The minimum atomic E-state index is -1.52. The van der Waals surface area contributed by atoms with Gasteiger partial charge in [-0.05, 0) is 93.8 Å². The van der Waals surface area contributed by atoms with E-state index >= 15 is 19.2 Å². The fraction of sp³-hybridized carbons (Fsp3) is 0.814. The number of hydrogen-bond acceptors (Lipinski definition) is 14. The number of amides is 8. The molecule has 0 bridgehead atoms. The number of carbonyl (C=O) groups excluding carboxylic acids is 11. The molecule has 0 aromatic heterocycles. The summed E-state index contributed by atoms with van der Waals surface area (Å²) in [5.41, 5.74) is 0. The average Bonchev–Trinajstić information content (AvgIpc) is 0.824. The Balaban J connectivity index is 3.00. The topological polar surface area (TPSA) is 255 Å². The lowest BCUT2D eigenvalue weighted by Crippen LogP contribution is -2.61. The van der Waals surface area contributed by atoms with Gasteiger partial charge in [0, 0.05) is 106 Å². The van der Waals surface area contributed by atoms with Crippen molar-refractivity contribution < 1.29 is 62.6 Å². The van der Waals surface area contributed by atoms with Gasteiger partial charge >= 0.3 is 0 Å². The molecule has 526 valence electrons. The highest BCUT2D eigenvalue weighted by Crippen LogP contribution is 2.30. The number of carbonyl (C=O) groups is 11. The van der Waals surface area contributed by atoms with Gasteiger partial charge < -0.3 is 49.5 Å². The molecule has 0 radical (unpaired) electrons. The van der Waals surface area contributed by atoms with Crippen molar-refractivity contribution in [1.29, 1.82) is 0 Å². The van der Waals surface area contributed by atoms with Gasteiger partial charge in [0.05, 0.1) is 31.4 Å². The van der Waals surface area contributed by atoms with Gasteiger partial charge in [0.1, 0.15) is 36.3 Å². The molecular weight excluding hydrogens is 1170 g/mol. The fourth-order valence-corrected chi connectivity index (χ4v) is 12.7. The molecule has 2 fully saturated rings. The minimum absolute atomic E-state index is 0.0715. The summed E-state index contributed by atoms with van der Waals surface area (Å²) in [5.74, 6) is -10.9. The predicted octanol–water partition coefficient (Wildman–Crippen LogP) is 6.24. The quantitative estimate of drug-likeness (QED) is 0.153. The molecule has 2 rings (SSSR count). The first-order valence-electron chi connectivity index (χ1n) is 34.0. The van der Waals surface area contributed by atoms with E-state index in [4.69, 9.17) is 4.74 Å². The van der Waals surface area contributed by atoms with Crippen LogP contribution in [-0.2, 0) is 57.5 Å². The SMILES string of the molecule is CC[C@H]1CC(=O)[C@@H]([C@H](O)[C@H](C)C/C=C/CN2CCOCC2)N(C)C(=O)[C@@H](C(C)C)N(C)C(=O)[C@@H](CC(C)C)N(C)C(=O)[C@@H](CC(C)C)N(C)C(=O)[C@H](C)NC(=O)[C@@H](C)CC(=O)[C@H](CC(C)C)N(C)C(=O)[C@@H](C(C)C)CC(=O)[C@H](CC(C)C)N(C)C(=O)[C@@H](C)N(C)C1=O. The Morgan fingerprint density at radius 3 is 1.38 bits per heavy atom. The summed E-state index contributed by atoms with van der Waals surface area (Å²) in [6, 6.07) is -9.35. The molecule has 0 aromatic rings. The zero-order valence-electron chi connectivity index (χ0n) is 60.9. The molecule has 2 heterocycles. The second kappa shape index (κ2) is 38.1. The zero-order valence-corrected chi connectivity index (χ0v) is 60.9. The molecule has 2 aliphatic heterocycles. The van der Waals surface area contributed by atoms with Crippen LogP contribution in [0, 0.1) is 59.2 Å². The van der Waals surface area contributed by atoms with E-state index in [-0.39, 0.29) is 74.4 Å². The third kappa shape index (κ3) is 23.1. The molecule has 13 atom stereocenters. The van der Waals surface area contributed by atoms with Crippen molar-refractivity contribution in [2.75, 3.05) is 82.2 Å². The van der Waals surface area contributed by atoms with Gasteiger partial charge in [0.2, 0.25) is 47.3 Å². The van der Waals surface area contributed by atoms with Crippen LogP contribution in [0.4, 0.5) is 0 Å². The number of allylic oxidation sites excluding steroid dienone is 1. The van der Waals surface area contributed by atoms with Gasteiger partial charge in [-0.15, -0.1) is 0 Å². The lowest BCUT2D eigenvalue weighted by molar-refractivity contribution is -0.157. The lowest BCUT2D eigenvalue weighted by Gasteiger charge is -2.41. The average molecular weight is 1300 g/mol. The Labute approximate surface area is 553 Å². The van der Waals surface area contributed by atoms with E-state index in [2.05, 4.69) is 10.2 Å². The Kier molecular flexibility index (Phi) is 34.1. The van der Waals surface area contributed by atoms with Gasteiger partial charge in [-0.25, -0.2) is 0 Å². The van der Waals surface area contributed by atoms with Crippen LogP contribution in [0.25, 0.3) is 0 Å².